The lowest BCUT2D eigenvalue weighted by Gasteiger charge is -2.22. The van der Waals surface area contributed by atoms with Crippen molar-refractivity contribution in [2.24, 2.45) is 17.8 Å². The van der Waals surface area contributed by atoms with E-state index in [2.05, 4.69) is 17.6 Å². The van der Waals surface area contributed by atoms with Crippen LogP contribution in [0.1, 0.15) is 36.5 Å². The van der Waals surface area contributed by atoms with E-state index in [1.807, 2.05) is 0 Å². The van der Waals surface area contributed by atoms with Crippen molar-refractivity contribution < 1.29 is 19.2 Å². The Morgan fingerprint density at radius 3 is 2.31 bits per heavy atom. The molecule has 32 heavy (non-hydrogen) atoms. The molecule has 0 bridgehead atoms. The van der Waals surface area contributed by atoms with Gasteiger partial charge in [-0.25, -0.2) is 4.79 Å². The molecule has 9 heteroatoms. The van der Waals surface area contributed by atoms with E-state index in [9.17, 15) is 19.7 Å². The maximum atomic E-state index is 12.6. The zero-order valence-corrected chi connectivity index (χ0v) is 18.2. The number of carbonyl (C=O) groups excluding carboxylic acids is 2. The summed E-state index contributed by atoms with van der Waals surface area (Å²) in [6.45, 7) is 2.07. The number of rotatable bonds is 7. The third kappa shape index (κ3) is 4.85. The largest absolute Gasteiger partial charge is 0.412 e. The number of nitro groups is 1. The van der Waals surface area contributed by atoms with E-state index in [0.717, 1.165) is 19.3 Å². The number of carbonyl (C=O) groups is 2. The highest BCUT2D eigenvalue weighted by molar-refractivity contribution is 6.30. The Bertz CT molecular complexity index is 999. The van der Waals surface area contributed by atoms with Gasteiger partial charge in [0.15, 0.2) is 0 Å². The molecule has 2 aliphatic rings. The van der Waals surface area contributed by atoms with E-state index in [1.165, 1.54) is 24.3 Å². The summed E-state index contributed by atoms with van der Waals surface area (Å²) in [5, 5.41) is 17.3. The van der Waals surface area contributed by atoms with Crippen LogP contribution in [0.5, 0.6) is 5.75 Å². The molecule has 2 saturated carbocycles. The van der Waals surface area contributed by atoms with Gasteiger partial charge in [0.25, 0.3) is 11.6 Å². The van der Waals surface area contributed by atoms with Crippen LogP contribution in [0.15, 0.2) is 48.5 Å². The summed E-state index contributed by atoms with van der Waals surface area (Å²) in [5.74, 6) is 1.51. The number of benzene rings is 2. The van der Waals surface area contributed by atoms with E-state index in [4.69, 9.17) is 16.3 Å². The lowest BCUT2D eigenvalue weighted by molar-refractivity contribution is -0.384. The molecule has 8 nitrogen and oxygen atoms in total. The first-order valence-corrected chi connectivity index (χ1v) is 11.0. The molecule has 2 aromatic carbocycles. The number of nitrogens with one attached hydrogen (secondary N) is 2. The Morgan fingerprint density at radius 1 is 1.12 bits per heavy atom. The Morgan fingerprint density at radius 2 is 1.75 bits per heavy atom. The van der Waals surface area contributed by atoms with E-state index in [0.29, 0.717) is 28.3 Å². The third-order valence-electron chi connectivity index (χ3n) is 6.42. The van der Waals surface area contributed by atoms with Gasteiger partial charge in [0.05, 0.1) is 4.92 Å². The summed E-state index contributed by atoms with van der Waals surface area (Å²) in [4.78, 5) is 34.9. The number of hydrogen-bond acceptors (Lipinski definition) is 5. The zero-order valence-electron chi connectivity index (χ0n) is 17.5. The Kier molecular flexibility index (Phi) is 6.32. The highest BCUT2D eigenvalue weighted by Crippen LogP contribution is 2.59. The van der Waals surface area contributed by atoms with Gasteiger partial charge in [-0.15, -0.1) is 0 Å². The van der Waals surface area contributed by atoms with Gasteiger partial charge in [-0.2, -0.15) is 0 Å². The van der Waals surface area contributed by atoms with Crippen LogP contribution in [0.25, 0.3) is 0 Å². The van der Waals surface area contributed by atoms with Crippen molar-refractivity contribution in [3.05, 3.63) is 69.2 Å². The van der Waals surface area contributed by atoms with Crippen LogP contribution in [0.3, 0.4) is 0 Å². The fourth-order valence-electron chi connectivity index (χ4n) is 4.87. The standard InChI is InChI=1S/C23H24ClN3O5/c1-2-20(26-22(28)13-3-5-14(24)6-4-13)21-18-11-15(12-19(18)21)25-23(29)32-17-9-7-16(8-10-17)27(30)31/h3-10,15,18-21H,2,11-12H2,1H3,(H,25,29)(H,26,28)/t15-,18-,19+,20?,21+. The minimum atomic E-state index is -0.565. The number of amides is 2. The van der Waals surface area contributed by atoms with Crippen molar-refractivity contribution in [1.29, 1.82) is 0 Å². The average Bonchev–Trinajstić information content (AvgIpc) is 3.26. The SMILES string of the molecule is CCC(NC(=O)c1ccc(Cl)cc1)[C@H]1[C@@H]2C[C@@H](NC(=O)Oc3ccc([N+](=O)[O-])cc3)C[C@@H]21. The van der Waals surface area contributed by atoms with Crippen molar-refractivity contribution >= 4 is 29.3 Å². The van der Waals surface area contributed by atoms with Crippen LogP contribution < -0.4 is 15.4 Å². The number of fused-ring (bicyclic) bond motifs is 1. The van der Waals surface area contributed by atoms with Crippen LogP contribution in [-0.2, 0) is 0 Å². The van der Waals surface area contributed by atoms with Gasteiger partial charge < -0.3 is 15.4 Å². The van der Waals surface area contributed by atoms with Crippen LogP contribution in [0.2, 0.25) is 5.02 Å². The number of nitrogens with zero attached hydrogens (tertiary/aromatic N) is 1. The summed E-state index contributed by atoms with van der Waals surface area (Å²) in [7, 11) is 0. The lowest BCUT2D eigenvalue weighted by Crippen LogP contribution is -2.40. The number of ether oxygens (including phenoxy) is 1. The Balaban J connectivity index is 1.24. The molecule has 0 heterocycles. The van der Waals surface area contributed by atoms with E-state index >= 15 is 0 Å². The second-order valence-electron chi connectivity index (χ2n) is 8.35. The van der Waals surface area contributed by atoms with Gasteiger partial charge in [-0.05, 0) is 73.4 Å². The molecule has 1 unspecified atom stereocenters. The second kappa shape index (κ2) is 9.16. The van der Waals surface area contributed by atoms with Crippen molar-refractivity contribution in [2.75, 3.05) is 0 Å². The molecule has 4 rings (SSSR count). The normalized spacial score (nSPS) is 24.2. The summed E-state index contributed by atoms with van der Waals surface area (Å²) >= 11 is 5.89. The summed E-state index contributed by atoms with van der Waals surface area (Å²) in [6, 6.07) is 12.3. The fraction of sp³-hybridized carbons (Fsp3) is 0.391. The van der Waals surface area contributed by atoms with Crippen LogP contribution >= 0.6 is 11.6 Å². The highest BCUT2D eigenvalue weighted by Gasteiger charge is 2.58. The van der Waals surface area contributed by atoms with Crippen LogP contribution in [0.4, 0.5) is 10.5 Å². The second-order valence-corrected chi connectivity index (χ2v) is 8.79. The maximum Gasteiger partial charge on any atom is 0.412 e. The first-order chi connectivity index (χ1) is 15.4. The van der Waals surface area contributed by atoms with E-state index in [1.54, 1.807) is 24.3 Å². The smallest absolute Gasteiger partial charge is 0.410 e. The average molecular weight is 458 g/mol. The molecule has 0 aliphatic heterocycles. The van der Waals surface area contributed by atoms with Crippen molar-refractivity contribution in [2.45, 2.75) is 38.3 Å². The van der Waals surface area contributed by atoms with Gasteiger partial charge in [0, 0.05) is 34.8 Å². The van der Waals surface area contributed by atoms with Gasteiger partial charge in [-0.1, -0.05) is 18.5 Å². The third-order valence-corrected chi connectivity index (χ3v) is 6.67. The topological polar surface area (TPSA) is 111 Å². The molecule has 168 valence electrons. The molecule has 2 fully saturated rings. The zero-order chi connectivity index (χ0) is 22.8. The number of hydrogen-bond donors (Lipinski definition) is 2. The quantitative estimate of drug-likeness (QED) is 0.467. The minimum Gasteiger partial charge on any atom is -0.410 e. The van der Waals surface area contributed by atoms with Crippen molar-refractivity contribution in [3.8, 4) is 5.75 Å². The summed E-state index contributed by atoms with van der Waals surface area (Å²) < 4.78 is 5.23. The van der Waals surface area contributed by atoms with E-state index in [-0.39, 0.29) is 29.4 Å². The molecule has 2 aliphatic carbocycles. The molecular weight excluding hydrogens is 434 g/mol. The molecular formula is C23H24ClN3O5. The lowest BCUT2D eigenvalue weighted by atomic mass is 9.99. The van der Waals surface area contributed by atoms with Crippen LogP contribution in [-0.4, -0.2) is 29.0 Å². The van der Waals surface area contributed by atoms with Crippen molar-refractivity contribution in [3.63, 3.8) is 0 Å². The number of non-ortho nitro benzene ring substituents is 1. The van der Waals surface area contributed by atoms with Crippen molar-refractivity contribution in [1.82, 2.24) is 10.6 Å². The molecule has 0 aromatic heterocycles. The highest BCUT2D eigenvalue weighted by atomic mass is 35.5. The van der Waals surface area contributed by atoms with Gasteiger partial charge in [0.2, 0.25) is 0 Å². The fourth-order valence-corrected chi connectivity index (χ4v) is 4.99. The molecule has 0 radical (unpaired) electrons. The predicted octanol–water partition coefficient (Wildman–Crippen LogP) is 4.57. The van der Waals surface area contributed by atoms with Gasteiger partial charge in [0.1, 0.15) is 5.75 Å². The summed E-state index contributed by atoms with van der Waals surface area (Å²) in [5.41, 5.74) is 0.528. The van der Waals surface area contributed by atoms with Gasteiger partial charge >= 0.3 is 6.09 Å². The first kappa shape index (κ1) is 22.1. The first-order valence-electron chi connectivity index (χ1n) is 10.6. The Labute approximate surface area is 190 Å². The minimum absolute atomic E-state index is 0.0243. The molecule has 0 saturated heterocycles. The molecule has 5 atom stereocenters. The Hall–Kier alpha value is -3.13. The molecule has 2 N–H and O–H groups in total. The van der Waals surface area contributed by atoms with Gasteiger partial charge in [-0.3, -0.25) is 14.9 Å². The van der Waals surface area contributed by atoms with Crippen LogP contribution in [0, 0.1) is 27.9 Å². The molecule has 2 amide bonds. The van der Waals surface area contributed by atoms with E-state index < -0.39 is 11.0 Å². The summed E-state index contributed by atoms with van der Waals surface area (Å²) in [6.07, 6.45) is 1.97. The molecule has 0 spiro atoms. The monoisotopic (exact) mass is 457 g/mol. The maximum absolute atomic E-state index is 12.6. The number of halogens is 1. The molecule has 2 aromatic rings. The predicted molar refractivity (Wildman–Crippen MR) is 119 cm³/mol. The number of nitro benzene ring substituents is 1.